The summed E-state index contributed by atoms with van der Waals surface area (Å²) in [5.74, 6) is -1.26. The second-order valence-corrected chi connectivity index (χ2v) is 3.62. The van der Waals surface area contributed by atoms with Gasteiger partial charge in [0.15, 0.2) is 0 Å². The number of rotatable bonds is 2. The largest absolute Gasteiger partial charge is 0.477 e. The predicted octanol–water partition coefficient (Wildman–Crippen LogP) is 1.44. The van der Waals surface area contributed by atoms with Gasteiger partial charge in [0.25, 0.3) is 5.56 Å². The zero-order valence-corrected chi connectivity index (χ0v) is 9.10. The van der Waals surface area contributed by atoms with Gasteiger partial charge in [-0.15, -0.1) is 0 Å². The Morgan fingerprint density at radius 3 is 2.71 bits per heavy atom. The number of benzene rings is 1. The number of aromatic nitrogens is 2. The number of hydrogen-bond donors (Lipinski definition) is 2. The Morgan fingerprint density at radius 2 is 2.06 bits per heavy atom. The molecule has 2 rings (SSSR count). The Hall–Kier alpha value is -2.43. The zero-order valence-electron chi connectivity index (χ0n) is 9.10. The molecule has 0 bridgehead atoms. The van der Waals surface area contributed by atoms with Crippen molar-refractivity contribution in [2.75, 3.05) is 0 Å². The summed E-state index contributed by atoms with van der Waals surface area (Å²) >= 11 is 0. The lowest BCUT2D eigenvalue weighted by Crippen LogP contribution is -2.18. The molecule has 0 amide bonds. The number of nitrogens with zero attached hydrogens (tertiary/aromatic N) is 1. The monoisotopic (exact) mass is 230 g/mol. The zero-order chi connectivity index (χ0) is 12.4. The van der Waals surface area contributed by atoms with Crippen molar-refractivity contribution >= 4 is 5.97 Å². The molecule has 5 heteroatoms. The molecular weight excluding hydrogens is 220 g/mol. The van der Waals surface area contributed by atoms with Crippen molar-refractivity contribution in [1.29, 1.82) is 0 Å². The molecule has 0 saturated heterocycles. The first-order valence-electron chi connectivity index (χ1n) is 4.98. The van der Waals surface area contributed by atoms with Crippen molar-refractivity contribution in [1.82, 2.24) is 10.2 Å². The van der Waals surface area contributed by atoms with Gasteiger partial charge >= 0.3 is 5.97 Å². The van der Waals surface area contributed by atoms with Crippen LogP contribution in [0.4, 0.5) is 0 Å². The highest BCUT2D eigenvalue weighted by Gasteiger charge is 2.12. The van der Waals surface area contributed by atoms with E-state index in [1.165, 1.54) is 6.07 Å². The number of carbonyl (C=O) groups is 1. The maximum absolute atomic E-state index is 11.2. The summed E-state index contributed by atoms with van der Waals surface area (Å²) in [5, 5.41) is 14.9. The van der Waals surface area contributed by atoms with Crippen LogP contribution in [0, 0.1) is 6.92 Å². The molecule has 0 spiro atoms. The van der Waals surface area contributed by atoms with Crippen LogP contribution in [0.3, 0.4) is 0 Å². The van der Waals surface area contributed by atoms with Crippen molar-refractivity contribution in [2.24, 2.45) is 0 Å². The lowest BCUT2D eigenvalue weighted by Gasteiger charge is -2.04. The van der Waals surface area contributed by atoms with E-state index in [1.807, 2.05) is 31.2 Å². The first-order chi connectivity index (χ1) is 8.09. The first-order valence-corrected chi connectivity index (χ1v) is 4.98. The number of carboxylic acids is 1. The number of carboxylic acid groups (broad SMARTS) is 1. The molecule has 0 saturated carbocycles. The predicted molar refractivity (Wildman–Crippen MR) is 62.0 cm³/mol. The van der Waals surface area contributed by atoms with Gasteiger partial charge in [-0.3, -0.25) is 4.79 Å². The SMILES string of the molecule is Cc1ccccc1-c1cc(C(=O)O)c(=O)[nH]n1. The van der Waals surface area contributed by atoms with Crippen LogP contribution in [0.1, 0.15) is 15.9 Å². The summed E-state index contributed by atoms with van der Waals surface area (Å²) in [4.78, 5) is 22.1. The summed E-state index contributed by atoms with van der Waals surface area (Å²) in [6.07, 6.45) is 0. The molecule has 2 aromatic rings. The summed E-state index contributed by atoms with van der Waals surface area (Å²) < 4.78 is 0. The minimum absolute atomic E-state index is 0.307. The van der Waals surface area contributed by atoms with Crippen LogP contribution in [0.2, 0.25) is 0 Å². The molecule has 17 heavy (non-hydrogen) atoms. The third kappa shape index (κ3) is 2.08. The topological polar surface area (TPSA) is 83.0 Å². The van der Waals surface area contributed by atoms with Crippen LogP contribution in [0.25, 0.3) is 11.3 Å². The van der Waals surface area contributed by atoms with E-state index in [0.717, 1.165) is 11.1 Å². The molecule has 0 aliphatic heterocycles. The van der Waals surface area contributed by atoms with E-state index in [4.69, 9.17) is 5.11 Å². The number of nitrogens with one attached hydrogen (secondary N) is 1. The Labute approximate surface area is 96.7 Å². The third-order valence-corrected chi connectivity index (χ3v) is 2.46. The fraction of sp³-hybridized carbons (Fsp3) is 0.0833. The molecular formula is C12H10N2O3. The van der Waals surface area contributed by atoms with E-state index in [1.54, 1.807) is 0 Å². The molecule has 1 aromatic heterocycles. The summed E-state index contributed by atoms with van der Waals surface area (Å²) in [5.41, 5.74) is 1.20. The highest BCUT2D eigenvalue weighted by molar-refractivity contribution is 5.88. The van der Waals surface area contributed by atoms with Crippen molar-refractivity contribution in [3.63, 3.8) is 0 Å². The van der Waals surface area contributed by atoms with Gasteiger partial charge in [-0.05, 0) is 18.6 Å². The lowest BCUT2D eigenvalue weighted by molar-refractivity contribution is 0.0694. The third-order valence-electron chi connectivity index (χ3n) is 2.46. The average molecular weight is 230 g/mol. The van der Waals surface area contributed by atoms with Gasteiger partial charge in [0.05, 0.1) is 5.69 Å². The summed E-state index contributed by atoms with van der Waals surface area (Å²) in [7, 11) is 0. The van der Waals surface area contributed by atoms with Crippen LogP contribution in [-0.4, -0.2) is 21.3 Å². The number of aromatic amines is 1. The fourth-order valence-corrected chi connectivity index (χ4v) is 1.56. The summed E-state index contributed by atoms with van der Waals surface area (Å²) in [6, 6.07) is 8.70. The van der Waals surface area contributed by atoms with Gasteiger partial charge in [-0.2, -0.15) is 5.10 Å². The number of aryl methyl sites for hydroxylation is 1. The van der Waals surface area contributed by atoms with E-state index >= 15 is 0 Å². The van der Waals surface area contributed by atoms with Crippen LogP contribution < -0.4 is 5.56 Å². The quantitative estimate of drug-likeness (QED) is 0.817. The van der Waals surface area contributed by atoms with Gasteiger partial charge in [-0.25, -0.2) is 9.89 Å². The molecule has 2 N–H and O–H groups in total. The molecule has 5 nitrogen and oxygen atoms in total. The maximum atomic E-state index is 11.2. The van der Waals surface area contributed by atoms with Gasteiger partial charge < -0.3 is 5.11 Å². The average Bonchev–Trinajstić information content (AvgIpc) is 2.30. The molecule has 0 aliphatic carbocycles. The molecule has 1 heterocycles. The highest BCUT2D eigenvalue weighted by atomic mass is 16.4. The molecule has 0 aliphatic rings. The highest BCUT2D eigenvalue weighted by Crippen LogP contribution is 2.20. The Bertz CT molecular complexity index is 632. The smallest absolute Gasteiger partial charge is 0.341 e. The van der Waals surface area contributed by atoms with Gasteiger partial charge in [0, 0.05) is 5.56 Å². The minimum atomic E-state index is -1.26. The van der Waals surface area contributed by atoms with Crippen LogP contribution in [0.5, 0.6) is 0 Å². The second-order valence-electron chi connectivity index (χ2n) is 3.62. The number of hydrogen-bond acceptors (Lipinski definition) is 3. The summed E-state index contributed by atoms with van der Waals surface area (Å²) in [6.45, 7) is 1.89. The Morgan fingerprint density at radius 1 is 1.35 bits per heavy atom. The Kier molecular flexibility index (Phi) is 2.74. The van der Waals surface area contributed by atoms with Crippen LogP contribution >= 0.6 is 0 Å². The minimum Gasteiger partial charge on any atom is -0.477 e. The van der Waals surface area contributed by atoms with Gasteiger partial charge in [0.1, 0.15) is 5.56 Å². The molecule has 86 valence electrons. The van der Waals surface area contributed by atoms with Crippen molar-refractivity contribution < 1.29 is 9.90 Å². The normalized spacial score (nSPS) is 10.2. The van der Waals surface area contributed by atoms with E-state index in [0.29, 0.717) is 5.69 Å². The number of H-pyrrole nitrogens is 1. The van der Waals surface area contributed by atoms with Gasteiger partial charge in [0.2, 0.25) is 0 Å². The molecule has 1 aromatic carbocycles. The van der Waals surface area contributed by atoms with E-state index in [2.05, 4.69) is 10.2 Å². The lowest BCUT2D eigenvalue weighted by atomic mass is 10.0. The maximum Gasteiger partial charge on any atom is 0.341 e. The molecule has 0 atom stereocenters. The van der Waals surface area contributed by atoms with Crippen molar-refractivity contribution in [3.05, 3.63) is 51.8 Å². The fourth-order valence-electron chi connectivity index (χ4n) is 1.56. The van der Waals surface area contributed by atoms with E-state index in [-0.39, 0.29) is 5.56 Å². The Balaban J connectivity index is 2.62. The van der Waals surface area contributed by atoms with Gasteiger partial charge in [-0.1, -0.05) is 24.3 Å². The molecule has 0 radical (unpaired) electrons. The van der Waals surface area contributed by atoms with Crippen molar-refractivity contribution in [3.8, 4) is 11.3 Å². The second kappa shape index (κ2) is 4.21. The molecule has 0 unspecified atom stereocenters. The number of aromatic carboxylic acids is 1. The van der Waals surface area contributed by atoms with Crippen molar-refractivity contribution in [2.45, 2.75) is 6.92 Å². The first kappa shape index (κ1) is 11.1. The van der Waals surface area contributed by atoms with Crippen LogP contribution in [0.15, 0.2) is 35.1 Å². The van der Waals surface area contributed by atoms with Crippen LogP contribution in [-0.2, 0) is 0 Å². The standard InChI is InChI=1S/C12H10N2O3/c1-7-4-2-3-5-8(7)10-6-9(12(16)17)11(15)14-13-10/h2-6H,1H3,(H,14,15)(H,16,17). The van der Waals surface area contributed by atoms with E-state index < -0.39 is 11.5 Å². The molecule has 0 fully saturated rings. The van der Waals surface area contributed by atoms with E-state index in [9.17, 15) is 9.59 Å².